The number of aryl methyl sites for hydroxylation is 1. The summed E-state index contributed by atoms with van der Waals surface area (Å²) in [6.45, 7) is 10.6. The van der Waals surface area contributed by atoms with Gasteiger partial charge < -0.3 is 9.80 Å². The van der Waals surface area contributed by atoms with Gasteiger partial charge in [0, 0.05) is 38.1 Å². The zero-order chi connectivity index (χ0) is 21.5. The number of rotatable bonds is 8. The van der Waals surface area contributed by atoms with Crippen LogP contribution < -0.4 is 0 Å². The SMILES string of the molecule is CCc1ccc(CN(Cc2ccncc2)CC2CCN(C3CCN(C)CC3)CC2)cc1. The van der Waals surface area contributed by atoms with Crippen molar-refractivity contribution in [2.24, 2.45) is 5.92 Å². The molecule has 0 amide bonds. The second-order valence-corrected chi connectivity index (χ2v) is 9.71. The highest BCUT2D eigenvalue weighted by molar-refractivity contribution is 5.22. The zero-order valence-corrected chi connectivity index (χ0v) is 19.5. The number of pyridine rings is 1. The Balaban J connectivity index is 1.34. The molecular formula is C27H40N4. The van der Waals surface area contributed by atoms with Crippen LogP contribution in [0.5, 0.6) is 0 Å². The average Bonchev–Trinajstić information content (AvgIpc) is 2.81. The Hall–Kier alpha value is -1.75. The molecule has 4 nitrogen and oxygen atoms in total. The van der Waals surface area contributed by atoms with Crippen molar-refractivity contribution in [1.82, 2.24) is 19.7 Å². The highest BCUT2D eigenvalue weighted by atomic mass is 15.2. The fourth-order valence-corrected chi connectivity index (χ4v) is 5.30. The summed E-state index contributed by atoms with van der Waals surface area (Å²) in [4.78, 5) is 12.1. The van der Waals surface area contributed by atoms with E-state index in [4.69, 9.17) is 0 Å². The van der Waals surface area contributed by atoms with Crippen LogP contribution in [0.1, 0.15) is 49.3 Å². The molecule has 0 unspecified atom stereocenters. The van der Waals surface area contributed by atoms with Gasteiger partial charge in [-0.15, -0.1) is 0 Å². The van der Waals surface area contributed by atoms with Crippen LogP contribution in [0.15, 0.2) is 48.8 Å². The van der Waals surface area contributed by atoms with Crippen LogP contribution in [0, 0.1) is 5.92 Å². The third kappa shape index (κ3) is 6.61. The van der Waals surface area contributed by atoms with Crippen LogP contribution in [-0.4, -0.2) is 65.5 Å². The molecule has 0 atom stereocenters. The first kappa shape index (κ1) is 22.4. The van der Waals surface area contributed by atoms with Gasteiger partial charge in [-0.2, -0.15) is 0 Å². The van der Waals surface area contributed by atoms with Crippen LogP contribution in [0.4, 0.5) is 0 Å². The fraction of sp³-hybridized carbons (Fsp3) is 0.593. The number of aromatic nitrogens is 1. The topological polar surface area (TPSA) is 22.6 Å². The maximum absolute atomic E-state index is 4.20. The number of hydrogen-bond donors (Lipinski definition) is 0. The van der Waals surface area contributed by atoms with E-state index in [9.17, 15) is 0 Å². The van der Waals surface area contributed by atoms with Crippen molar-refractivity contribution in [2.45, 2.75) is 58.2 Å². The lowest BCUT2D eigenvalue weighted by molar-refractivity contribution is 0.0728. The summed E-state index contributed by atoms with van der Waals surface area (Å²) in [5.41, 5.74) is 4.21. The van der Waals surface area contributed by atoms with Gasteiger partial charge in [0.25, 0.3) is 0 Å². The average molecular weight is 421 g/mol. The molecule has 2 aromatic rings. The molecule has 168 valence electrons. The van der Waals surface area contributed by atoms with Gasteiger partial charge in [-0.05, 0) is 100 Å². The van der Waals surface area contributed by atoms with Crippen molar-refractivity contribution in [3.05, 3.63) is 65.5 Å². The summed E-state index contributed by atoms with van der Waals surface area (Å²) in [5, 5.41) is 0. The number of hydrogen-bond acceptors (Lipinski definition) is 4. The van der Waals surface area contributed by atoms with Crippen molar-refractivity contribution < 1.29 is 0 Å². The molecule has 0 N–H and O–H groups in total. The molecule has 0 radical (unpaired) electrons. The van der Waals surface area contributed by atoms with E-state index < -0.39 is 0 Å². The Morgan fingerprint density at radius 3 is 2.00 bits per heavy atom. The summed E-state index contributed by atoms with van der Waals surface area (Å²) >= 11 is 0. The van der Waals surface area contributed by atoms with E-state index in [0.717, 1.165) is 31.5 Å². The first-order chi connectivity index (χ1) is 15.2. The molecule has 2 aliphatic heterocycles. The summed E-state index contributed by atoms with van der Waals surface area (Å²) in [7, 11) is 2.26. The van der Waals surface area contributed by atoms with Crippen LogP contribution >= 0.6 is 0 Å². The molecule has 0 bridgehead atoms. The standard InChI is InChI=1S/C27H40N4/c1-3-23-4-6-24(7-5-23)20-30(21-25-8-14-28-15-9-25)22-26-10-18-31(19-11-26)27-12-16-29(2)17-13-27/h4-9,14-15,26-27H,3,10-13,16-22H2,1-2H3. The number of nitrogens with zero attached hydrogens (tertiary/aromatic N) is 4. The molecule has 2 saturated heterocycles. The Morgan fingerprint density at radius 2 is 1.39 bits per heavy atom. The van der Waals surface area contributed by atoms with Crippen molar-refractivity contribution in [3.63, 3.8) is 0 Å². The van der Waals surface area contributed by atoms with Crippen molar-refractivity contribution >= 4 is 0 Å². The lowest BCUT2D eigenvalue weighted by Crippen LogP contribution is -2.47. The predicted molar refractivity (Wildman–Crippen MR) is 129 cm³/mol. The highest BCUT2D eigenvalue weighted by Gasteiger charge is 2.28. The van der Waals surface area contributed by atoms with Crippen molar-refractivity contribution in [3.8, 4) is 0 Å². The van der Waals surface area contributed by atoms with Crippen LogP contribution in [0.2, 0.25) is 0 Å². The molecule has 3 heterocycles. The quantitative estimate of drug-likeness (QED) is 0.629. The minimum Gasteiger partial charge on any atom is -0.306 e. The lowest BCUT2D eigenvalue weighted by Gasteiger charge is -2.42. The number of likely N-dealkylation sites (tertiary alicyclic amines) is 2. The first-order valence-electron chi connectivity index (χ1n) is 12.3. The molecule has 1 aromatic heterocycles. The monoisotopic (exact) mass is 420 g/mol. The molecule has 4 rings (SSSR count). The normalized spacial score (nSPS) is 19.8. The fourth-order valence-electron chi connectivity index (χ4n) is 5.30. The van der Waals surface area contributed by atoms with E-state index in [-0.39, 0.29) is 0 Å². The predicted octanol–water partition coefficient (Wildman–Crippen LogP) is 4.45. The van der Waals surface area contributed by atoms with Crippen molar-refractivity contribution in [2.75, 3.05) is 39.8 Å². The van der Waals surface area contributed by atoms with Gasteiger partial charge in [0.15, 0.2) is 0 Å². The van der Waals surface area contributed by atoms with Crippen molar-refractivity contribution in [1.29, 1.82) is 0 Å². The number of benzene rings is 1. The maximum Gasteiger partial charge on any atom is 0.0271 e. The Bertz CT molecular complexity index is 760. The lowest BCUT2D eigenvalue weighted by atomic mass is 9.92. The van der Waals surface area contributed by atoms with Gasteiger partial charge in [-0.25, -0.2) is 0 Å². The third-order valence-electron chi connectivity index (χ3n) is 7.36. The molecule has 4 heteroatoms. The summed E-state index contributed by atoms with van der Waals surface area (Å²) in [5.74, 6) is 0.805. The maximum atomic E-state index is 4.20. The summed E-state index contributed by atoms with van der Waals surface area (Å²) < 4.78 is 0. The van der Waals surface area contributed by atoms with Gasteiger partial charge in [0.2, 0.25) is 0 Å². The van der Waals surface area contributed by atoms with Gasteiger partial charge >= 0.3 is 0 Å². The third-order valence-corrected chi connectivity index (χ3v) is 7.36. The van der Waals surface area contributed by atoms with Gasteiger partial charge in [0.05, 0.1) is 0 Å². The van der Waals surface area contributed by atoms with Crippen LogP contribution in [0.25, 0.3) is 0 Å². The molecule has 0 aliphatic carbocycles. The van der Waals surface area contributed by atoms with Gasteiger partial charge in [0.1, 0.15) is 0 Å². The Kier molecular flexibility index (Phi) is 8.12. The summed E-state index contributed by atoms with van der Waals surface area (Å²) in [6.07, 6.45) is 10.3. The van der Waals surface area contributed by atoms with Gasteiger partial charge in [-0.3, -0.25) is 9.88 Å². The Labute approximate surface area is 189 Å². The van der Waals surface area contributed by atoms with E-state index in [2.05, 4.69) is 70.1 Å². The Morgan fingerprint density at radius 1 is 0.806 bits per heavy atom. The largest absolute Gasteiger partial charge is 0.306 e. The highest BCUT2D eigenvalue weighted by Crippen LogP contribution is 2.25. The number of piperidine rings is 2. The molecule has 2 fully saturated rings. The van der Waals surface area contributed by atoms with E-state index in [1.54, 1.807) is 0 Å². The van der Waals surface area contributed by atoms with Gasteiger partial charge in [-0.1, -0.05) is 31.2 Å². The second-order valence-electron chi connectivity index (χ2n) is 9.71. The minimum atomic E-state index is 0.805. The van der Waals surface area contributed by atoms with Crippen LogP contribution in [-0.2, 0) is 19.5 Å². The second kappa shape index (κ2) is 11.2. The molecule has 2 aliphatic rings. The molecule has 1 aromatic carbocycles. The smallest absolute Gasteiger partial charge is 0.0271 e. The van der Waals surface area contributed by atoms with E-state index in [0.29, 0.717) is 0 Å². The zero-order valence-electron chi connectivity index (χ0n) is 19.5. The summed E-state index contributed by atoms with van der Waals surface area (Å²) in [6, 6.07) is 14.4. The molecule has 0 saturated carbocycles. The molecule has 0 spiro atoms. The van der Waals surface area contributed by atoms with Crippen LogP contribution in [0.3, 0.4) is 0 Å². The molecule has 31 heavy (non-hydrogen) atoms. The van der Waals surface area contributed by atoms with E-state index in [1.165, 1.54) is 75.1 Å². The van der Waals surface area contributed by atoms with E-state index in [1.807, 2.05) is 12.4 Å². The minimum absolute atomic E-state index is 0.805. The molecular weight excluding hydrogens is 380 g/mol. The van der Waals surface area contributed by atoms with E-state index >= 15 is 0 Å². The first-order valence-corrected chi connectivity index (χ1v) is 12.3.